The number of aliphatic hydroxyl groups is 2. The molecule has 1 aromatic carbocycles. The predicted molar refractivity (Wildman–Crippen MR) is 64.2 cm³/mol. The molecule has 0 aliphatic heterocycles. The fourth-order valence-corrected chi connectivity index (χ4v) is 1.65. The van der Waals surface area contributed by atoms with Crippen LogP contribution in [-0.2, 0) is 0 Å². The van der Waals surface area contributed by atoms with Crippen molar-refractivity contribution in [3.63, 3.8) is 0 Å². The zero-order chi connectivity index (χ0) is 11.8. The number of nitrogen functional groups attached to an aromatic ring is 2. The molecule has 0 radical (unpaired) electrons. The lowest BCUT2D eigenvalue weighted by Gasteiger charge is -2.20. The first-order valence-corrected chi connectivity index (χ1v) is 4.98. The minimum absolute atomic E-state index is 0.146. The van der Waals surface area contributed by atoms with Crippen molar-refractivity contribution in [1.82, 2.24) is 0 Å². The van der Waals surface area contributed by atoms with Crippen LogP contribution in [0.3, 0.4) is 0 Å². The normalized spacial score (nSPS) is 18.2. The number of rotatable bonds is 1. The second-order valence-corrected chi connectivity index (χ2v) is 3.88. The van der Waals surface area contributed by atoms with Gasteiger partial charge >= 0.3 is 0 Å². The van der Waals surface area contributed by atoms with Crippen LogP contribution in [0.1, 0.15) is 12.0 Å². The number of hydrogen-bond donors (Lipinski definition) is 4. The molecule has 4 nitrogen and oxygen atoms in total. The van der Waals surface area contributed by atoms with E-state index in [2.05, 4.69) is 0 Å². The molecular weight excluding hydrogens is 204 g/mol. The van der Waals surface area contributed by atoms with E-state index in [1.54, 1.807) is 18.2 Å². The lowest BCUT2D eigenvalue weighted by atomic mass is 9.95. The Morgan fingerprint density at radius 2 is 1.94 bits per heavy atom. The molecule has 16 heavy (non-hydrogen) atoms. The SMILES string of the molecule is Nc1cccc(C2=CCC(O)(O)C=C2)c1N. The molecule has 0 amide bonds. The summed E-state index contributed by atoms with van der Waals surface area (Å²) in [6.45, 7) is 0. The summed E-state index contributed by atoms with van der Waals surface area (Å²) < 4.78 is 0. The van der Waals surface area contributed by atoms with E-state index in [0.717, 1.165) is 11.1 Å². The topological polar surface area (TPSA) is 92.5 Å². The van der Waals surface area contributed by atoms with Gasteiger partial charge in [-0.1, -0.05) is 24.3 Å². The summed E-state index contributed by atoms with van der Waals surface area (Å²) >= 11 is 0. The first-order chi connectivity index (χ1) is 7.49. The maximum atomic E-state index is 9.33. The number of benzene rings is 1. The third kappa shape index (κ3) is 1.93. The number of hydrogen-bond acceptors (Lipinski definition) is 4. The lowest BCUT2D eigenvalue weighted by Crippen LogP contribution is -2.25. The Hall–Kier alpha value is -1.78. The van der Waals surface area contributed by atoms with E-state index in [-0.39, 0.29) is 6.42 Å². The van der Waals surface area contributed by atoms with Gasteiger partial charge in [-0.3, -0.25) is 0 Å². The van der Waals surface area contributed by atoms with E-state index in [4.69, 9.17) is 11.5 Å². The first kappa shape index (κ1) is 10.7. The molecule has 1 aliphatic rings. The van der Waals surface area contributed by atoms with Crippen LogP contribution in [0.2, 0.25) is 0 Å². The Labute approximate surface area is 93.5 Å². The molecule has 1 aliphatic carbocycles. The molecule has 0 saturated heterocycles. The van der Waals surface area contributed by atoms with Crippen LogP contribution in [0.15, 0.2) is 36.4 Å². The van der Waals surface area contributed by atoms with Gasteiger partial charge in [-0.05, 0) is 17.7 Å². The Bertz CT molecular complexity index is 476. The third-order valence-corrected chi connectivity index (χ3v) is 2.60. The minimum atomic E-state index is -1.75. The molecule has 6 N–H and O–H groups in total. The molecule has 0 fully saturated rings. The van der Waals surface area contributed by atoms with E-state index in [9.17, 15) is 10.2 Å². The van der Waals surface area contributed by atoms with Crippen LogP contribution in [0.5, 0.6) is 0 Å². The molecule has 0 spiro atoms. The van der Waals surface area contributed by atoms with Crippen molar-refractivity contribution in [3.8, 4) is 0 Å². The highest BCUT2D eigenvalue weighted by atomic mass is 16.5. The van der Waals surface area contributed by atoms with E-state index in [1.165, 1.54) is 6.08 Å². The molecule has 1 aromatic rings. The average Bonchev–Trinajstić information content (AvgIpc) is 2.23. The summed E-state index contributed by atoms with van der Waals surface area (Å²) in [6, 6.07) is 5.40. The number of para-hydroxylation sites is 1. The smallest absolute Gasteiger partial charge is 0.186 e. The van der Waals surface area contributed by atoms with Gasteiger partial charge in [0.05, 0.1) is 11.4 Å². The highest BCUT2D eigenvalue weighted by Gasteiger charge is 2.21. The van der Waals surface area contributed by atoms with Crippen molar-refractivity contribution in [3.05, 3.63) is 42.0 Å². The Balaban J connectivity index is 2.38. The second kappa shape index (κ2) is 3.66. The monoisotopic (exact) mass is 218 g/mol. The van der Waals surface area contributed by atoms with Crippen LogP contribution in [0, 0.1) is 0 Å². The van der Waals surface area contributed by atoms with Gasteiger partial charge in [0.1, 0.15) is 0 Å². The Morgan fingerprint density at radius 3 is 2.56 bits per heavy atom. The number of anilines is 2. The minimum Gasteiger partial charge on any atom is -0.397 e. The molecule has 0 heterocycles. The van der Waals surface area contributed by atoms with Crippen molar-refractivity contribution < 1.29 is 10.2 Å². The van der Waals surface area contributed by atoms with E-state index in [0.29, 0.717) is 11.4 Å². The van der Waals surface area contributed by atoms with Gasteiger partial charge in [-0.15, -0.1) is 0 Å². The van der Waals surface area contributed by atoms with Crippen molar-refractivity contribution in [2.75, 3.05) is 11.5 Å². The van der Waals surface area contributed by atoms with Crippen LogP contribution in [0.4, 0.5) is 11.4 Å². The van der Waals surface area contributed by atoms with Crippen LogP contribution >= 0.6 is 0 Å². The molecular formula is C12H14N2O2. The van der Waals surface area contributed by atoms with E-state index < -0.39 is 5.79 Å². The Kier molecular flexibility index (Phi) is 2.46. The van der Waals surface area contributed by atoms with Crippen molar-refractivity contribution in [2.24, 2.45) is 0 Å². The fourth-order valence-electron chi connectivity index (χ4n) is 1.65. The molecule has 0 bridgehead atoms. The number of allylic oxidation sites excluding steroid dienone is 2. The maximum absolute atomic E-state index is 9.33. The summed E-state index contributed by atoms with van der Waals surface area (Å²) in [6.07, 6.45) is 4.85. The quantitative estimate of drug-likeness (QED) is 0.416. The van der Waals surface area contributed by atoms with Gasteiger partial charge in [0.2, 0.25) is 0 Å². The standard InChI is InChI=1S/C12H14N2O2/c13-10-3-1-2-9(11(10)14)8-4-6-12(15,16)7-5-8/h1-6,15-16H,7,13-14H2. The molecule has 0 aromatic heterocycles. The summed E-state index contributed by atoms with van der Waals surface area (Å²) in [7, 11) is 0. The predicted octanol–water partition coefficient (Wildman–Crippen LogP) is 0.875. The zero-order valence-corrected chi connectivity index (χ0v) is 8.72. The molecule has 4 heteroatoms. The molecule has 0 unspecified atom stereocenters. The van der Waals surface area contributed by atoms with Crippen LogP contribution in [0.25, 0.3) is 5.57 Å². The van der Waals surface area contributed by atoms with Crippen molar-refractivity contribution >= 4 is 16.9 Å². The van der Waals surface area contributed by atoms with Crippen molar-refractivity contribution in [1.29, 1.82) is 0 Å². The summed E-state index contributed by atoms with van der Waals surface area (Å²) in [5.41, 5.74) is 14.3. The molecule has 84 valence electrons. The van der Waals surface area contributed by atoms with E-state index >= 15 is 0 Å². The van der Waals surface area contributed by atoms with Gasteiger partial charge in [0, 0.05) is 12.0 Å². The van der Waals surface area contributed by atoms with Gasteiger partial charge in [-0.25, -0.2) is 0 Å². The molecule has 0 saturated carbocycles. The second-order valence-electron chi connectivity index (χ2n) is 3.88. The van der Waals surface area contributed by atoms with Gasteiger partial charge in [0.25, 0.3) is 0 Å². The molecule has 2 rings (SSSR count). The first-order valence-electron chi connectivity index (χ1n) is 4.98. The molecule has 0 atom stereocenters. The highest BCUT2D eigenvalue weighted by molar-refractivity contribution is 5.86. The Morgan fingerprint density at radius 1 is 1.19 bits per heavy atom. The summed E-state index contributed by atoms with van der Waals surface area (Å²) in [5, 5.41) is 18.7. The van der Waals surface area contributed by atoms with Gasteiger partial charge in [0.15, 0.2) is 5.79 Å². The van der Waals surface area contributed by atoms with E-state index in [1.807, 2.05) is 12.1 Å². The third-order valence-electron chi connectivity index (χ3n) is 2.60. The van der Waals surface area contributed by atoms with Gasteiger partial charge < -0.3 is 21.7 Å². The summed E-state index contributed by atoms with van der Waals surface area (Å²) in [4.78, 5) is 0. The fraction of sp³-hybridized carbons (Fsp3) is 0.167. The van der Waals surface area contributed by atoms with Gasteiger partial charge in [-0.2, -0.15) is 0 Å². The zero-order valence-electron chi connectivity index (χ0n) is 8.72. The lowest BCUT2D eigenvalue weighted by molar-refractivity contribution is -0.114. The highest BCUT2D eigenvalue weighted by Crippen LogP contribution is 2.31. The van der Waals surface area contributed by atoms with Crippen LogP contribution < -0.4 is 11.5 Å². The maximum Gasteiger partial charge on any atom is 0.186 e. The van der Waals surface area contributed by atoms with Crippen molar-refractivity contribution in [2.45, 2.75) is 12.2 Å². The number of nitrogens with two attached hydrogens (primary N) is 2. The summed E-state index contributed by atoms with van der Waals surface area (Å²) in [5.74, 6) is -1.75. The average molecular weight is 218 g/mol. The van der Waals surface area contributed by atoms with Crippen LogP contribution in [-0.4, -0.2) is 16.0 Å². The largest absolute Gasteiger partial charge is 0.397 e.